The molecule has 2 aromatic carbocycles. The van der Waals surface area contributed by atoms with Crippen LogP contribution in [-0.4, -0.2) is 4.86 Å². The van der Waals surface area contributed by atoms with Crippen LogP contribution in [0, 0.1) is 0 Å². The Kier molecular flexibility index (Phi) is 6.16. The Bertz CT molecular complexity index is 626. The van der Waals surface area contributed by atoms with Crippen molar-refractivity contribution >= 4 is 34.8 Å². The molecule has 0 heterocycles. The molecule has 0 aliphatic rings. The third-order valence-electron chi connectivity index (χ3n) is 3.33. The minimum Gasteiger partial charge on any atom is -0.0843 e. The van der Waals surface area contributed by atoms with Gasteiger partial charge in [-0.1, -0.05) is 79.6 Å². The van der Waals surface area contributed by atoms with E-state index in [0.717, 1.165) is 27.4 Å². The van der Waals surface area contributed by atoms with E-state index in [1.54, 1.807) is 0 Å². The molecule has 0 nitrogen and oxygen atoms in total. The molecule has 0 amide bonds. The number of allylic oxidation sites excluding steroid dienone is 1. The fourth-order valence-electron chi connectivity index (χ4n) is 2.09. The predicted octanol–water partition coefficient (Wildman–Crippen LogP) is 6.11. The number of unbranched alkanes of at least 4 members (excludes halogenated alkanes) is 1. The van der Waals surface area contributed by atoms with E-state index >= 15 is 0 Å². The van der Waals surface area contributed by atoms with Gasteiger partial charge in [-0.25, -0.2) is 0 Å². The second-order valence-electron chi connectivity index (χ2n) is 5.05. The van der Waals surface area contributed by atoms with E-state index < -0.39 is 0 Å². The molecule has 0 saturated heterocycles. The van der Waals surface area contributed by atoms with Gasteiger partial charge in [0.25, 0.3) is 0 Å². The van der Waals surface area contributed by atoms with E-state index in [-0.39, 0.29) is 0 Å². The fourth-order valence-corrected chi connectivity index (χ4v) is 2.50. The molecule has 0 N–H and O–H groups in total. The highest BCUT2D eigenvalue weighted by atomic mass is 35.5. The van der Waals surface area contributed by atoms with Gasteiger partial charge in [-0.05, 0) is 47.7 Å². The molecule has 0 bridgehead atoms. The van der Waals surface area contributed by atoms with Gasteiger partial charge in [0.1, 0.15) is 0 Å². The average Bonchev–Trinajstić information content (AvgIpc) is 2.51. The van der Waals surface area contributed by atoms with Crippen LogP contribution < -0.4 is 0 Å². The van der Waals surface area contributed by atoms with Crippen molar-refractivity contribution < 1.29 is 0 Å². The Morgan fingerprint density at radius 3 is 2.57 bits per heavy atom. The first-order valence-electron chi connectivity index (χ1n) is 7.26. The highest BCUT2D eigenvalue weighted by molar-refractivity contribution is 7.81. The Labute approximate surface area is 137 Å². The van der Waals surface area contributed by atoms with Gasteiger partial charge in [0.2, 0.25) is 0 Å². The lowest BCUT2D eigenvalue weighted by molar-refractivity contribution is 0.795. The summed E-state index contributed by atoms with van der Waals surface area (Å²) >= 11 is 11.4. The fraction of sp³-hybridized carbons (Fsp3) is 0.211. The Balaban J connectivity index is 2.03. The van der Waals surface area contributed by atoms with Gasteiger partial charge in [-0.3, -0.25) is 0 Å². The molecule has 2 aromatic rings. The highest BCUT2D eigenvalue weighted by Gasteiger charge is 1.98. The maximum absolute atomic E-state index is 5.97. The van der Waals surface area contributed by atoms with Gasteiger partial charge < -0.3 is 0 Å². The summed E-state index contributed by atoms with van der Waals surface area (Å²) < 4.78 is 0. The molecular formula is C19H19ClS. The largest absolute Gasteiger partial charge is 0.0843 e. The summed E-state index contributed by atoms with van der Waals surface area (Å²) in [5, 5.41) is 0.739. The minimum absolute atomic E-state index is 0.739. The molecule has 21 heavy (non-hydrogen) atoms. The van der Waals surface area contributed by atoms with E-state index in [1.165, 1.54) is 18.4 Å². The van der Waals surface area contributed by atoms with Crippen LogP contribution in [0.2, 0.25) is 5.02 Å². The monoisotopic (exact) mass is 314 g/mol. The molecule has 0 aromatic heterocycles. The summed E-state index contributed by atoms with van der Waals surface area (Å²) in [6.45, 7) is 2.21. The zero-order chi connectivity index (χ0) is 15.1. The van der Waals surface area contributed by atoms with E-state index in [9.17, 15) is 0 Å². The standard InChI is InChI=1S/C19H19ClS/c1-2-3-5-15-8-11-17(12-9-15)19(21)13-10-16-6-4-7-18(20)14-16/h4,6-14H,2-3,5H2,1H3. The molecule has 0 aliphatic heterocycles. The average molecular weight is 315 g/mol. The number of thiocarbonyl (C=S) groups is 1. The van der Waals surface area contributed by atoms with Crippen molar-refractivity contribution in [1.82, 2.24) is 0 Å². The summed E-state index contributed by atoms with van der Waals surface area (Å²) in [6.07, 6.45) is 7.56. The molecule has 0 unspecified atom stereocenters. The Morgan fingerprint density at radius 2 is 1.90 bits per heavy atom. The van der Waals surface area contributed by atoms with Crippen LogP contribution in [-0.2, 0) is 6.42 Å². The minimum atomic E-state index is 0.739. The summed E-state index contributed by atoms with van der Waals surface area (Å²) in [5.74, 6) is 0. The number of benzene rings is 2. The lowest BCUT2D eigenvalue weighted by Crippen LogP contribution is -1.93. The lowest BCUT2D eigenvalue weighted by Gasteiger charge is -2.03. The topological polar surface area (TPSA) is 0 Å². The lowest BCUT2D eigenvalue weighted by atomic mass is 10.0. The third-order valence-corrected chi connectivity index (χ3v) is 3.94. The van der Waals surface area contributed by atoms with E-state index in [2.05, 4.69) is 31.2 Å². The van der Waals surface area contributed by atoms with Crippen molar-refractivity contribution in [3.05, 3.63) is 76.3 Å². The predicted molar refractivity (Wildman–Crippen MR) is 97.2 cm³/mol. The summed E-state index contributed by atoms with van der Waals surface area (Å²) in [4.78, 5) is 0.844. The van der Waals surface area contributed by atoms with Gasteiger partial charge in [0.15, 0.2) is 0 Å². The molecule has 0 spiro atoms. The third kappa shape index (κ3) is 5.11. The maximum atomic E-state index is 5.97. The zero-order valence-electron chi connectivity index (χ0n) is 12.2. The van der Waals surface area contributed by atoms with E-state index in [0.29, 0.717) is 0 Å². The second-order valence-corrected chi connectivity index (χ2v) is 5.93. The van der Waals surface area contributed by atoms with Gasteiger partial charge in [-0.2, -0.15) is 0 Å². The summed E-state index contributed by atoms with van der Waals surface area (Å²) in [7, 11) is 0. The summed E-state index contributed by atoms with van der Waals surface area (Å²) in [5.41, 5.74) is 3.52. The maximum Gasteiger partial charge on any atom is 0.0449 e. The van der Waals surface area contributed by atoms with Crippen molar-refractivity contribution in [2.45, 2.75) is 26.2 Å². The molecule has 0 radical (unpaired) electrons. The van der Waals surface area contributed by atoms with Gasteiger partial charge in [0.05, 0.1) is 0 Å². The summed E-state index contributed by atoms with van der Waals surface area (Å²) in [6, 6.07) is 16.3. The Morgan fingerprint density at radius 1 is 1.14 bits per heavy atom. The number of hydrogen-bond acceptors (Lipinski definition) is 1. The van der Waals surface area contributed by atoms with Crippen molar-refractivity contribution in [1.29, 1.82) is 0 Å². The van der Waals surface area contributed by atoms with Gasteiger partial charge in [0, 0.05) is 9.89 Å². The normalized spacial score (nSPS) is 11.0. The molecule has 2 heteroatoms. The van der Waals surface area contributed by atoms with Crippen LogP contribution in [0.1, 0.15) is 36.5 Å². The number of halogens is 1. The van der Waals surface area contributed by atoms with Crippen LogP contribution in [0.25, 0.3) is 6.08 Å². The SMILES string of the molecule is CCCCc1ccc(C(=S)C=Cc2cccc(Cl)c2)cc1. The molecule has 0 saturated carbocycles. The van der Waals surface area contributed by atoms with Crippen LogP contribution in [0.15, 0.2) is 54.6 Å². The smallest absolute Gasteiger partial charge is 0.0449 e. The first kappa shape index (κ1) is 15.9. The van der Waals surface area contributed by atoms with E-state index in [1.807, 2.05) is 36.4 Å². The van der Waals surface area contributed by atoms with Crippen LogP contribution >= 0.6 is 23.8 Å². The van der Waals surface area contributed by atoms with Crippen molar-refractivity contribution in [2.24, 2.45) is 0 Å². The molecule has 0 atom stereocenters. The van der Waals surface area contributed by atoms with Crippen LogP contribution in [0.4, 0.5) is 0 Å². The first-order chi connectivity index (χ1) is 10.2. The van der Waals surface area contributed by atoms with Crippen molar-refractivity contribution in [2.75, 3.05) is 0 Å². The number of rotatable bonds is 6. The van der Waals surface area contributed by atoms with Crippen LogP contribution in [0.3, 0.4) is 0 Å². The second kappa shape index (κ2) is 8.11. The molecule has 0 fully saturated rings. The first-order valence-corrected chi connectivity index (χ1v) is 8.04. The zero-order valence-corrected chi connectivity index (χ0v) is 13.8. The van der Waals surface area contributed by atoms with Crippen molar-refractivity contribution in [3.63, 3.8) is 0 Å². The molecule has 108 valence electrons. The number of aryl methyl sites for hydroxylation is 1. The van der Waals surface area contributed by atoms with Crippen molar-refractivity contribution in [3.8, 4) is 0 Å². The Hall–Kier alpha value is -1.44. The number of hydrogen-bond donors (Lipinski definition) is 0. The van der Waals surface area contributed by atoms with Crippen LogP contribution in [0.5, 0.6) is 0 Å². The molecule has 2 rings (SSSR count). The molecular weight excluding hydrogens is 296 g/mol. The van der Waals surface area contributed by atoms with Gasteiger partial charge >= 0.3 is 0 Å². The van der Waals surface area contributed by atoms with Gasteiger partial charge in [-0.15, -0.1) is 0 Å². The quantitative estimate of drug-likeness (QED) is 0.352. The van der Waals surface area contributed by atoms with E-state index in [4.69, 9.17) is 23.8 Å². The molecule has 0 aliphatic carbocycles. The highest BCUT2D eigenvalue weighted by Crippen LogP contribution is 2.14.